The minimum absolute atomic E-state index is 0.387. The Labute approximate surface area is 152 Å². The molecule has 25 heavy (non-hydrogen) atoms. The van der Waals surface area contributed by atoms with E-state index in [1.807, 2.05) is 0 Å². The predicted molar refractivity (Wildman–Crippen MR) is 106 cm³/mol. The molecule has 0 spiro atoms. The van der Waals surface area contributed by atoms with Crippen LogP contribution >= 0.6 is 0 Å². The molecule has 2 nitrogen and oxygen atoms in total. The molecule has 2 aromatic rings. The Morgan fingerprint density at radius 1 is 0.960 bits per heavy atom. The normalized spacial score (nSPS) is 16.5. The van der Waals surface area contributed by atoms with Crippen LogP contribution in [0.1, 0.15) is 43.4 Å². The third-order valence-electron chi connectivity index (χ3n) is 5.86. The molecule has 0 unspecified atom stereocenters. The monoisotopic (exact) mass is 337 g/mol. The van der Waals surface area contributed by atoms with Gasteiger partial charge < -0.3 is 4.74 Å². The van der Waals surface area contributed by atoms with Gasteiger partial charge in [0.05, 0.1) is 6.61 Å². The average Bonchev–Trinajstić information content (AvgIpc) is 2.58. The molecule has 1 saturated heterocycles. The van der Waals surface area contributed by atoms with Crippen molar-refractivity contribution in [3.05, 3.63) is 53.1 Å². The van der Waals surface area contributed by atoms with Gasteiger partial charge in [0.15, 0.2) is 0 Å². The van der Waals surface area contributed by atoms with E-state index >= 15 is 0 Å². The Hall–Kier alpha value is -1.80. The van der Waals surface area contributed by atoms with Gasteiger partial charge in [-0.2, -0.15) is 0 Å². The zero-order chi connectivity index (χ0) is 18.0. The molecule has 0 aromatic heterocycles. The van der Waals surface area contributed by atoms with E-state index in [-0.39, 0.29) is 0 Å². The fourth-order valence-corrected chi connectivity index (χ4v) is 3.67. The van der Waals surface area contributed by atoms with Crippen LogP contribution in [0, 0.1) is 20.8 Å². The first kappa shape index (κ1) is 18.0. The lowest BCUT2D eigenvalue weighted by atomic mass is 9.89. The summed E-state index contributed by atoms with van der Waals surface area (Å²) >= 11 is 0. The summed E-state index contributed by atoms with van der Waals surface area (Å²) in [5.74, 6) is 1.02. The van der Waals surface area contributed by atoms with E-state index in [1.54, 1.807) is 0 Å². The molecule has 0 radical (unpaired) electrons. The average molecular weight is 338 g/mol. The Morgan fingerprint density at radius 2 is 1.64 bits per heavy atom. The molecule has 0 bridgehead atoms. The van der Waals surface area contributed by atoms with Gasteiger partial charge in [0.1, 0.15) is 5.75 Å². The van der Waals surface area contributed by atoms with E-state index in [0.29, 0.717) is 5.54 Å². The van der Waals surface area contributed by atoms with Gasteiger partial charge in [-0.05, 0) is 81.3 Å². The Kier molecular flexibility index (Phi) is 5.19. The highest BCUT2D eigenvalue weighted by Crippen LogP contribution is 2.33. The summed E-state index contributed by atoms with van der Waals surface area (Å²) < 4.78 is 6.13. The van der Waals surface area contributed by atoms with Crippen LogP contribution in [0.2, 0.25) is 0 Å². The number of hydrogen-bond acceptors (Lipinski definition) is 2. The molecule has 2 heteroatoms. The minimum atomic E-state index is 0.387. The lowest BCUT2D eigenvalue weighted by molar-refractivity contribution is 0.0123. The number of rotatable bonds is 6. The summed E-state index contributed by atoms with van der Waals surface area (Å²) in [5, 5.41) is 0. The van der Waals surface area contributed by atoms with E-state index < -0.39 is 0 Å². The van der Waals surface area contributed by atoms with E-state index in [1.165, 1.54) is 40.8 Å². The number of benzene rings is 2. The first-order valence-electron chi connectivity index (χ1n) is 9.44. The van der Waals surface area contributed by atoms with Crippen LogP contribution in [0.15, 0.2) is 36.4 Å². The van der Waals surface area contributed by atoms with Crippen LogP contribution in [-0.2, 0) is 0 Å². The summed E-state index contributed by atoms with van der Waals surface area (Å²) in [6, 6.07) is 12.9. The van der Waals surface area contributed by atoms with Gasteiger partial charge >= 0.3 is 0 Å². The second-order valence-corrected chi connectivity index (χ2v) is 7.93. The van der Waals surface area contributed by atoms with Crippen molar-refractivity contribution in [2.24, 2.45) is 0 Å². The number of aryl methyl sites for hydroxylation is 1. The second kappa shape index (κ2) is 7.21. The molecule has 0 atom stereocenters. The Morgan fingerprint density at radius 3 is 2.28 bits per heavy atom. The molecule has 1 aliphatic rings. The van der Waals surface area contributed by atoms with E-state index in [4.69, 9.17) is 4.74 Å². The fourth-order valence-electron chi connectivity index (χ4n) is 3.67. The topological polar surface area (TPSA) is 12.5 Å². The van der Waals surface area contributed by atoms with Crippen LogP contribution in [-0.4, -0.2) is 30.1 Å². The number of nitrogens with zero attached hydrogens (tertiary/aromatic N) is 1. The maximum Gasteiger partial charge on any atom is 0.122 e. The maximum atomic E-state index is 6.13. The van der Waals surface area contributed by atoms with Gasteiger partial charge in [-0.1, -0.05) is 30.3 Å². The zero-order valence-corrected chi connectivity index (χ0v) is 16.4. The third-order valence-corrected chi connectivity index (χ3v) is 5.86. The van der Waals surface area contributed by atoms with Crippen LogP contribution < -0.4 is 4.74 Å². The highest BCUT2D eigenvalue weighted by Gasteiger charge is 2.34. The zero-order valence-electron chi connectivity index (χ0n) is 16.4. The summed E-state index contributed by atoms with van der Waals surface area (Å²) in [7, 11) is 0. The minimum Gasteiger partial charge on any atom is -0.493 e. The van der Waals surface area contributed by atoms with Gasteiger partial charge in [0.25, 0.3) is 0 Å². The van der Waals surface area contributed by atoms with Crippen LogP contribution in [0.5, 0.6) is 5.75 Å². The molecule has 1 heterocycles. The molecule has 134 valence electrons. The lowest BCUT2D eigenvalue weighted by Gasteiger charge is -2.48. The van der Waals surface area contributed by atoms with E-state index in [9.17, 15) is 0 Å². The third kappa shape index (κ3) is 3.74. The molecule has 0 aliphatic carbocycles. The van der Waals surface area contributed by atoms with Crippen LogP contribution in [0.3, 0.4) is 0 Å². The van der Waals surface area contributed by atoms with Gasteiger partial charge in [-0.15, -0.1) is 0 Å². The SMILES string of the molecule is Cc1cccc(-c2cccc(OCCCN3CCC3(C)C)c2C)c1C. The van der Waals surface area contributed by atoms with Gasteiger partial charge in [0.2, 0.25) is 0 Å². The van der Waals surface area contributed by atoms with Gasteiger partial charge in [-0.3, -0.25) is 4.90 Å². The number of ether oxygens (including phenoxy) is 1. The van der Waals surface area contributed by atoms with Crippen molar-refractivity contribution in [1.29, 1.82) is 0 Å². The second-order valence-electron chi connectivity index (χ2n) is 7.93. The van der Waals surface area contributed by atoms with Crippen LogP contribution in [0.25, 0.3) is 11.1 Å². The Bertz CT molecular complexity index is 748. The lowest BCUT2D eigenvalue weighted by Crippen LogP contribution is -2.55. The summed E-state index contributed by atoms with van der Waals surface area (Å²) in [5.41, 5.74) is 6.90. The highest BCUT2D eigenvalue weighted by molar-refractivity contribution is 5.73. The fraction of sp³-hybridized carbons (Fsp3) is 0.478. The molecule has 2 aromatic carbocycles. The van der Waals surface area contributed by atoms with Crippen molar-refractivity contribution >= 4 is 0 Å². The van der Waals surface area contributed by atoms with Crippen molar-refractivity contribution in [1.82, 2.24) is 4.90 Å². The molecule has 3 rings (SSSR count). The maximum absolute atomic E-state index is 6.13. The van der Waals surface area contributed by atoms with E-state index in [2.05, 4.69) is 75.9 Å². The van der Waals surface area contributed by atoms with Crippen molar-refractivity contribution < 1.29 is 4.74 Å². The summed E-state index contributed by atoms with van der Waals surface area (Å²) in [6.45, 7) is 14.3. The highest BCUT2D eigenvalue weighted by atomic mass is 16.5. The van der Waals surface area contributed by atoms with Crippen molar-refractivity contribution in [3.63, 3.8) is 0 Å². The summed E-state index contributed by atoms with van der Waals surface area (Å²) in [4.78, 5) is 2.55. The quantitative estimate of drug-likeness (QED) is 0.642. The first-order valence-corrected chi connectivity index (χ1v) is 9.44. The van der Waals surface area contributed by atoms with E-state index in [0.717, 1.165) is 25.3 Å². The van der Waals surface area contributed by atoms with Crippen LogP contribution in [0.4, 0.5) is 0 Å². The first-order chi connectivity index (χ1) is 11.9. The smallest absolute Gasteiger partial charge is 0.122 e. The Balaban J connectivity index is 1.66. The van der Waals surface area contributed by atoms with Gasteiger partial charge in [0, 0.05) is 18.6 Å². The molecule has 1 fully saturated rings. The standard InChI is InChI=1S/C23H31NO/c1-17-9-6-10-20(18(17)2)21-11-7-12-22(19(21)3)25-16-8-14-24-15-13-23(24,4)5/h6-7,9-12H,8,13-16H2,1-5H3. The molecule has 0 N–H and O–H groups in total. The molecular weight excluding hydrogens is 306 g/mol. The van der Waals surface area contributed by atoms with Gasteiger partial charge in [-0.25, -0.2) is 0 Å². The molecule has 0 saturated carbocycles. The number of likely N-dealkylation sites (tertiary alicyclic amines) is 1. The molecule has 0 amide bonds. The molecular formula is C23H31NO. The van der Waals surface area contributed by atoms with Crippen molar-refractivity contribution in [3.8, 4) is 16.9 Å². The molecule has 1 aliphatic heterocycles. The van der Waals surface area contributed by atoms with Crippen molar-refractivity contribution in [2.75, 3.05) is 19.7 Å². The largest absolute Gasteiger partial charge is 0.493 e. The predicted octanol–water partition coefficient (Wildman–Crippen LogP) is 5.53. The summed E-state index contributed by atoms with van der Waals surface area (Å²) in [6.07, 6.45) is 2.39. The van der Waals surface area contributed by atoms with Crippen molar-refractivity contribution in [2.45, 2.75) is 53.0 Å². The number of hydrogen-bond donors (Lipinski definition) is 0.